The van der Waals surface area contributed by atoms with Crippen molar-refractivity contribution >= 4 is 5.97 Å². The zero-order valence-corrected chi connectivity index (χ0v) is 12.5. The molecule has 0 bridgehead atoms. The van der Waals surface area contributed by atoms with E-state index < -0.39 is 5.97 Å². The van der Waals surface area contributed by atoms with Crippen LogP contribution < -0.4 is 0 Å². The molecule has 2 aromatic heterocycles. The van der Waals surface area contributed by atoms with Crippen molar-refractivity contribution in [2.24, 2.45) is 0 Å². The smallest absolute Gasteiger partial charge is 0.360 e. The first kappa shape index (κ1) is 15.2. The van der Waals surface area contributed by atoms with Crippen molar-refractivity contribution in [3.05, 3.63) is 28.4 Å². The molecule has 0 unspecified atom stereocenters. The standard InChI is InChI=1S/C13H18N4O4/c1-8-11(10(3)21-15-8)7-17-9(2)12(14-16-17)13(18)20-6-5-19-4/h5-7H2,1-4H3. The monoisotopic (exact) mass is 294 g/mol. The maximum atomic E-state index is 11.9. The summed E-state index contributed by atoms with van der Waals surface area (Å²) in [6.07, 6.45) is 0. The molecular weight excluding hydrogens is 276 g/mol. The van der Waals surface area contributed by atoms with Gasteiger partial charge in [-0.2, -0.15) is 0 Å². The summed E-state index contributed by atoms with van der Waals surface area (Å²) in [5.41, 5.74) is 2.57. The second-order valence-electron chi connectivity index (χ2n) is 4.61. The molecule has 0 spiro atoms. The van der Waals surface area contributed by atoms with Gasteiger partial charge in [-0.05, 0) is 20.8 Å². The van der Waals surface area contributed by atoms with E-state index in [4.69, 9.17) is 14.0 Å². The Kier molecular flexibility index (Phi) is 4.69. The van der Waals surface area contributed by atoms with Crippen molar-refractivity contribution in [2.75, 3.05) is 20.3 Å². The van der Waals surface area contributed by atoms with Gasteiger partial charge in [0.25, 0.3) is 0 Å². The summed E-state index contributed by atoms with van der Waals surface area (Å²) in [7, 11) is 1.54. The van der Waals surface area contributed by atoms with Crippen LogP contribution in [0.3, 0.4) is 0 Å². The lowest BCUT2D eigenvalue weighted by Crippen LogP contribution is -2.12. The second kappa shape index (κ2) is 6.49. The lowest BCUT2D eigenvalue weighted by Gasteiger charge is -2.04. The van der Waals surface area contributed by atoms with E-state index in [1.165, 1.54) is 0 Å². The Hall–Kier alpha value is -2.22. The molecular formula is C13H18N4O4. The quantitative estimate of drug-likeness (QED) is 0.580. The highest BCUT2D eigenvalue weighted by Crippen LogP contribution is 2.15. The third-order valence-corrected chi connectivity index (χ3v) is 3.19. The number of carbonyl (C=O) groups is 1. The number of aryl methyl sites for hydroxylation is 2. The van der Waals surface area contributed by atoms with Crippen LogP contribution in [0.15, 0.2) is 4.52 Å². The van der Waals surface area contributed by atoms with Crippen LogP contribution >= 0.6 is 0 Å². The average Bonchev–Trinajstić information content (AvgIpc) is 2.97. The minimum absolute atomic E-state index is 0.186. The van der Waals surface area contributed by atoms with Crippen LogP contribution in [-0.2, 0) is 16.0 Å². The van der Waals surface area contributed by atoms with Gasteiger partial charge < -0.3 is 14.0 Å². The SMILES string of the molecule is COCCOC(=O)c1nnn(Cc2c(C)noc2C)c1C. The molecule has 2 rings (SSSR count). The number of ether oxygens (including phenoxy) is 2. The molecule has 0 aromatic carbocycles. The Balaban J connectivity index is 2.12. The lowest BCUT2D eigenvalue weighted by atomic mass is 10.2. The van der Waals surface area contributed by atoms with Gasteiger partial charge in [0.05, 0.1) is 24.5 Å². The molecule has 0 saturated heterocycles. The van der Waals surface area contributed by atoms with Gasteiger partial charge in [-0.3, -0.25) is 0 Å². The summed E-state index contributed by atoms with van der Waals surface area (Å²) < 4.78 is 16.6. The van der Waals surface area contributed by atoms with Crippen LogP contribution in [0.2, 0.25) is 0 Å². The lowest BCUT2D eigenvalue weighted by molar-refractivity contribution is 0.0380. The summed E-state index contributed by atoms with van der Waals surface area (Å²) in [4.78, 5) is 11.9. The van der Waals surface area contributed by atoms with Crippen LogP contribution in [0.25, 0.3) is 0 Å². The molecule has 8 nitrogen and oxygen atoms in total. The van der Waals surface area contributed by atoms with Crippen molar-refractivity contribution < 1.29 is 18.8 Å². The number of esters is 1. The van der Waals surface area contributed by atoms with E-state index in [-0.39, 0.29) is 12.3 Å². The first-order chi connectivity index (χ1) is 10.0. The molecule has 0 N–H and O–H groups in total. The summed E-state index contributed by atoms with van der Waals surface area (Å²) >= 11 is 0. The Morgan fingerprint density at radius 2 is 2.05 bits per heavy atom. The van der Waals surface area contributed by atoms with E-state index in [9.17, 15) is 4.79 Å². The van der Waals surface area contributed by atoms with Gasteiger partial charge in [-0.15, -0.1) is 5.10 Å². The van der Waals surface area contributed by atoms with E-state index in [1.807, 2.05) is 13.8 Å². The molecule has 0 aliphatic carbocycles. The van der Waals surface area contributed by atoms with Gasteiger partial charge in [0.15, 0.2) is 5.69 Å². The van der Waals surface area contributed by atoms with Crippen molar-refractivity contribution in [3.63, 3.8) is 0 Å². The third-order valence-electron chi connectivity index (χ3n) is 3.19. The predicted octanol–water partition coefficient (Wildman–Crippen LogP) is 1.04. The fourth-order valence-electron chi connectivity index (χ4n) is 1.86. The van der Waals surface area contributed by atoms with Gasteiger partial charge in [-0.1, -0.05) is 10.4 Å². The number of carbonyl (C=O) groups excluding carboxylic acids is 1. The molecule has 0 saturated carbocycles. The van der Waals surface area contributed by atoms with Gasteiger partial charge in [0.1, 0.15) is 12.4 Å². The van der Waals surface area contributed by atoms with E-state index in [0.717, 1.165) is 17.0 Å². The summed E-state index contributed by atoms with van der Waals surface area (Å²) in [6, 6.07) is 0. The van der Waals surface area contributed by atoms with Gasteiger partial charge in [0.2, 0.25) is 0 Å². The van der Waals surface area contributed by atoms with Crippen LogP contribution in [0, 0.1) is 20.8 Å². The highest BCUT2D eigenvalue weighted by molar-refractivity contribution is 5.88. The molecule has 21 heavy (non-hydrogen) atoms. The molecule has 2 heterocycles. The number of hydrogen-bond donors (Lipinski definition) is 0. The minimum atomic E-state index is -0.505. The molecule has 2 aromatic rings. The molecule has 0 radical (unpaired) electrons. The number of nitrogens with zero attached hydrogens (tertiary/aromatic N) is 4. The maximum absolute atomic E-state index is 11.9. The fraction of sp³-hybridized carbons (Fsp3) is 0.538. The third kappa shape index (κ3) is 3.27. The molecule has 114 valence electrons. The number of rotatable bonds is 6. The van der Waals surface area contributed by atoms with Gasteiger partial charge in [-0.25, -0.2) is 9.48 Å². The Bertz CT molecular complexity index is 613. The molecule has 0 atom stereocenters. The van der Waals surface area contributed by atoms with E-state index in [1.54, 1.807) is 18.7 Å². The second-order valence-corrected chi connectivity index (χ2v) is 4.61. The van der Waals surface area contributed by atoms with Crippen LogP contribution in [-0.4, -0.2) is 46.4 Å². The summed E-state index contributed by atoms with van der Waals surface area (Å²) in [5, 5.41) is 11.8. The molecule has 0 aliphatic rings. The number of hydrogen-bond acceptors (Lipinski definition) is 7. The topological polar surface area (TPSA) is 92.3 Å². The Morgan fingerprint density at radius 3 is 2.67 bits per heavy atom. The van der Waals surface area contributed by atoms with Gasteiger partial charge in [0, 0.05) is 12.7 Å². The molecule has 8 heteroatoms. The minimum Gasteiger partial charge on any atom is -0.458 e. The molecule has 0 aliphatic heterocycles. The predicted molar refractivity (Wildman–Crippen MR) is 72.0 cm³/mol. The zero-order chi connectivity index (χ0) is 15.4. The van der Waals surface area contributed by atoms with Crippen LogP contribution in [0.5, 0.6) is 0 Å². The van der Waals surface area contributed by atoms with Crippen LogP contribution in [0.4, 0.5) is 0 Å². The normalized spacial score (nSPS) is 10.9. The highest BCUT2D eigenvalue weighted by Gasteiger charge is 2.19. The largest absolute Gasteiger partial charge is 0.458 e. The average molecular weight is 294 g/mol. The van der Waals surface area contributed by atoms with E-state index >= 15 is 0 Å². The number of methoxy groups -OCH3 is 1. The van der Waals surface area contributed by atoms with Crippen molar-refractivity contribution in [1.82, 2.24) is 20.2 Å². The Labute approximate surface area is 122 Å². The highest BCUT2D eigenvalue weighted by atomic mass is 16.6. The zero-order valence-electron chi connectivity index (χ0n) is 12.5. The van der Waals surface area contributed by atoms with E-state index in [0.29, 0.717) is 18.8 Å². The summed E-state index contributed by atoms with van der Waals surface area (Å²) in [6.45, 7) is 6.44. The van der Waals surface area contributed by atoms with Crippen LogP contribution in [0.1, 0.15) is 33.2 Å². The Morgan fingerprint density at radius 1 is 1.29 bits per heavy atom. The van der Waals surface area contributed by atoms with Gasteiger partial charge >= 0.3 is 5.97 Å². The summed E-state index contributed by atoms with van der Waals surface area (Å²) in [5.74, 6) is 0.223. The maximum Gasteiger partial charge on any atom is 0.360 e. The number of aromatic nitrogens is 4. The van der Waals surface area contributed by atoms with Crippen molar-refractivity contribution in [3.8, 4) is 0 Å². The molecule has 0 fully saturated rings. The first-order valence-corrected chi connectivity index (χ1v) is 6.52. The van der Waals surface area contributed by atoms with E-state index in [2.05, 4.69) is 15.5 Å². The van der Waals surface area contributed by atoms with Crippen molar-refractivity contribution in [1.29, 1.82) is 0 Å². The first-order valence-electron chi connectivity index (χ1n) is 6.52. The molecule has 0 amide bonds. The van der Waals surface area contributed by atoms with Crippen molar-refractivity contribution in [2.45, 2.75) is 27.3 Å². The fourth-order valence-corrected chi connectivity index (χ4v) is 1.86.